The number of hydrogen-bond acceptors (Lipinski definition) is 1. The second-order valence-electron chi connectivity index (χ2n) is 3.00. The van der Waals surface area contributed by atoms with Crippen molar-refractivity contribution in [2.24, 2.45) is 0 Å². The van der Waals surface area contributed by atoms with E-state index in [1.807, 2.05) is 6.92 Å². The summed E-state index contributed by atoms with van der Waals surface area (Å²) in [6, 6.07) is 5.35. The van der Waals surface area contributed by atoms with Crippen LogP contribution in [0, 0.1) is 6.92 Å². The van der Waals surface area contributed by atoms with Gasteiger partial charge in [0.05, 0.1) is 10.5 Å². The molecule has 1 aromatic heterocycles. The molecule has 0 N–H and O–H groups in total. The molecule has 0 saturated heterocycles. The molecule has 2 rings (SSSR count). The van der Waals surface area contributed by atoms with Crippen molar-refractivity contribution in [2.45, 2.75) is 6.92 Å². The maximum atomic E-state index is 6.12. The summed E-state index contributed by atoms with van der Waals surface area (Å²) in [4.78, 5) is 4.20. The van der Waals surface area contributed by atoms with Crippen molar-refractivity contribution in [3.63, 3.8) is 0 Å². The van der Waals surface area contributed by atoms with Crippen molar-refractivity contribution in [1.29, 1.82) is 0 Å². The Morgan fingerprint density at radius 1 is 1.14 bits per heavy atom. The molecule has 1 nitrogen and oxygen atoms in total. The Morgan fingerprint density at radius 2 is 1.86 bits per heavy atom. The average molecular weight is 247 g/mol. The molecule has 0 atom stereocenters. The minimum Gasteiger partial charge on any atom is -0.236 e. The van der Waals surface area contributed by atoms with Crippen LogP contribution in [0.1, 0.15) is 5.56 Å². The molecule has 0 aliphatic heterocycles. The largest absolute Gasteiger partial charge is 0.236 e. The quantitative estimate of drug-likeness (QED) is 0.624. The number of hydrogen-bond donors (Lipinski definition) is 0. The fourth-order valence-corrected chi connectivity index (χ4v) is 1.91. The maximum absolute atomic E-state index is 6.12. The monoisotopic (exact) mass is 245 g/mol. The van der Waals surface area contributed by atoms with E-state index in [-0.39, 0.29) is 0 Å². The van der Waals surface area contributed by atoms with E-state index in [4.69, 9.17) is 34.8 Å². The van der Waals surface area contributed by atoms with Gasteiger partial charge in [-0.05, 0) is 25.1 Å². The lowest BCUT2D eigenvalue weighted by Crippen LogP contribution is -1.86. The Bertz CT molecular complexity index is 508. The fraction of sp³-hybridized carbons (Fsp3) is 0.100. The first-order chi connectivity index (χ1) is 6.59. The Labute approximate surface area is 96.6 Å². The van der Waals surface area contributed by atoms with Gasteiger partial charge in [0, 0.05) is 16.0 Å². The minimum atomic E-state index is 0.435. The number of aromatic nitrogens is 1. The molecule has 2 aromatic rings. The zero-order valence-corrected chi connectivity index (χ0v) is 9.58. The predicted molar refractivity (Wildman–Crippen MR) is 61.5 cm³/mol. The van der Waals surface area contributed by atoms with Gasteiger partial charge in [0.1, 0.15) is 5.15 Å². The zero-order chi connectivity index (χ0) is 10.3. The van der Waals surface area contributed by atoms with Gasteiger partial charge in [-0.15, -0.1) is 0 Å². The van der Waals surface area contributed by atoms with Gasteiger partial charge < -0.3 is 0 Å². The Morgan fingerprint density at radius 3 is 2.57 bits per heavy atom. The topological polar surface area (TPSA) is 12.9 Å². The van der Waals surface area contributed by atoms with Crippen molar-refractivity contribution < 1.29 is 0 Å². The van der Waals surface area contributed by atoms with Gasteiger partial charge in [-0.3, -0.25) is 0 Å². The molecule has 0 radical (unpaired) electrons. The highest BCUT2D eigenvalue weighted by Gasteiger charge is 2.08. The normalized spacial score (nSPS) is 10.9. The smallest absolute Gasteiger partial charge is 0.134 e. The number of fused-ring (bicyclic) bond motifs is 1. The van der Waals surface area contributed by atoms with E-state index in [0.717, 1.165) is 16.5 Å². The third-order valence-corrected chi connectivity index (χ3v) is 3.14. The number of pyridine rings is 1. The zero-order valence-electron chi connectivity index (χ0n) is 7.31. The van der Waals surface area contributed by atoms with E-state index < -0.39 is 0 Å². The van der Waals surface area contributed by atoms with Crippen molar-refractivity contribution in [3.8, 4) is 0 Å². The van der Waals surface area contributed by atoms with Crippen LogP contribution in [0.15, 0.2) is 18.2 Å². The molecule has 4 heteroatoms. The lowest BCUT2D eigenvalue weighted by atomic mass is 10.2. The maximum Gasteiger partial charge on any atom is 0.134 e. The number of halogens is 3. The molecule has 72 valence electrons. The van der Waals surface area contributed by atoms with Gasteiger partial charge in [-0.2, -0.15) is 0 Å². The summed E-state index contributed by atoms with van der Waals surface area (Å²) in [5, 5.41) is 2.52. The van der Waals surface area contributed by atoms with E-state index in [1.54, 1.807) is 18.2 Å². The third-order valence-electron chi connectivity index (χ3n) is 2.05. The molecule has 0 fully saturated rings. The molecule has 0 spiro atoms. The SMILES string of the molecule is Cc1c(Cl)nc2ccc(Cl)cc2c1Cl. The van der Waals surface area contributed by atoms with Crippen LogP contribution < -0.4 is 0 Å². The third kappa shape index (κ3) is 1.56. The summed E-state index contributed by atoms with van der Waals surface area (Å²) in [5.41, 5.74) is 1.54. The van der Waals surface area contributed by atoms with Crippen LogP contribution in [-0.4, -0.2) is 4.98 Å². The van der Waals surface area contributed by atoms with Gasteiger partial charge in [0.25, 0.3) is 0 Å². The van der Waals surface area contributed by atoms with E-state index in [1.165, 1.54) is 0 Å². The van der Waals surface area contributed by atoms with Crippen molar-refractivity contribution >= 4 is 45.7 Å². The minimum absolute atomic E-state index is 0.435. The van der Waals surface area contributed by atoms with E-state index in [2.05, 4.69) is 4.98 Å². The molecule has 0 aliphatic carbocycles. The van der Waals surface area contributed by atoms with Gasteiger partial charge >= 0.3 is 0 Å². The molecule has 1 heterocycles. The van der Waals surface area contributed by atoms with Crippen LogP contribution in [0.5, 0.6) is 0 Å². The Balaban J connectivity index is 2.92. The van der Waals surface area contributed by atoms with E-state index in [0.29, 0.717) is 15.2 Å². The first-order valence-corrected chi connectivity index (χ1v) is 5.14. The standard InChI is InChI=1S/C10H6Cl3N/c1-5-9(12)7-4-6(11)2-3-8(7)14-10(5)13/h2-4H,1H3. The predicted octanol–water partition coefficient (Wildman–Crippen LogP) is 4.50. The summed E-state index contributed by atoms with van der Waals surface area (Å²) >= 11 is 17.9. The number of nitrogens with zero attached hydrogens (tertiary/aromatic N) is 1. The van der Waals surface area contributed by atoms with Gasteiger partial charge in [0.15, 0.2) is 0 Å². The summed E-state index contributed by atoms with van der Waals surface area (Å²) in [7, 11) is 0. The molecule has 1 aromatic carbocycles. The van der Waals surface area contributed by atoms with Crippen LogP contribution in [0.3, 0.4) is 0 Å². The lowest BCUT2D eigenvalue weighted by molar-refractivity contribution is 1.33. The highest BCUT2D eigenvalue weighted by Crippen LogP contribution is 2.31. The summed E-state index contributed by atoms with van der Waals surface area (Å²) in [5.74, 6) is 0. The highest BCUT2D eigenvalue weighted by molar-refractivity contribution is 6.39. The first-order valence-electron chi connectivity index (χ1n) is 4.00. The Hall–Kier alpha value is -0.500. The molecule has 0 bridgehead atoms. The fourth-order valence-electron chi connectivity index (χ4n) is 1.26. The molecule has 0 saturated carbocycles. The van der Waals surface area contributed by atoms with Gasteiger partial charge in [0.2, 0.25) is 0 Å². The molecule has 14 heavy (non-hydrogen) atoms. The molecule has 0 unspecified atom stereocenters. The number of rotatable bonds is 0. The molecule has 0 aliphatic rings. The second-order valence-corrected chi connectivity index (χ2v) is 4.18. The lowest BCUT2D eigenvalue weighted by Gasteiger charge is -2.05. The van der Waals surface area contributed by atoms with Crippen LogP contribution in [0.4, 0.5) is 0 Å². The molecule has 0 amide bonds. The van der Waals surface area contributed by atoms with Gasteiger partial charge in [-0.1, -0.05) is 34.8 Å². The van der Waals surface area contributed by atoms with Crippen molar-refractivity contribution in [1.82, 2.24) is 4.98 Å². The van der Waals surface area contributed by atoms with E-state index in [9.17, 15) is 0 Å². The summed E-state index contributed by atoms with van der Waals surface area (Å²) in [6.45, 7) is 1.83. The average Bonchev–Trinajstić information content (AvgIpc) is 2.16. The van der Waals surface area contributed by atoms with Gasteiger partial charge in [-0.25, -0.2) is 4.98 Å². The van der Waals surface area contributed by atoms with Crippen molar-refractivity contribution in [2.75, 3.05) is 0 Å². The second kappa shape index (κ2) is 3.58. The first kappa shape index (κ1) is 10.0. The van der Waals surface area contributed by atoms with Crippen LogP contribution >= 0.6 is 34.8 Å². The van der Waals surface area contributed by atoms with Crippen LogP contribution in [0.25, 0.3) is 10.9 Å². The summed E-state index contributed by atoms with van der Waals surface area (Å²) in [6.07, 6.45) is 0. The number of benzene rings is 1. The molecular formula is C10H6Cl3N. The molecular weight excluding hydrogens is 240 g/mol. The van der Waals surface area contributed by atoms with Crippen molar-refractivity contribution in [3.05, 3.63) is 39.0 Å². The van der Waals surface area contributed by atoms with Crippen LogP contribution in [0.2, 0.25) is 15.2 Å². The highest BCUT2D eigenvalue weighted by atomic mass is 35.5. The summed E-state index contributed by atoms with van der Waals surface area (Å²) < 4.78 is 0. The van der Waals surface area contributed by atoms with Crippen LogP contribution in [-0.2, 0) is 0 Å². The Kier molecular flexibility index (Phi) is 2.56. The van der Waals surface area contributed by atoms with E-state index >= 15 is 0 Å².